The zero-order valence-corrected chi connectivity index (χ0v) is 23.1. The summed E-state index contributed by atoms with van der Waals surface area (Å²) < 4.78 is 0. The van der Waals surface area contributed by atoms with Crippen LogP contribution in [0.25, 0.3) is 0 Å². The number of rotatable bonds is 17. The van der Waals surface area contributed by atoms with Crippen molar-refractivity contribution in [3.05, 3.63) is 51.9 Å². The number of nitrogens with zero attached hydrogens (tertiary/aromatic N) is 4. The van der Waals surface area contributed by atoms with Gasteiger partial charge in [-0.25, -0.2) is 10.9 Å². The molecule has 2 aromatic rings. The van der Waals surface area contributed by atoms with Crippen molar-refractivity contribution in [2.24, 2.45) is 10.2 Å². The number of nitro groups is 2. The summed E-state index contributed by atoms with van der Waals surface area (Å²) in [5.41, 5.74) is 5.06. The highest BCUT2D eigenvalue weighted by Gasteiger charge is 2.17. The summed E-state index contributed by atoms with van der Waals surface area (Å²) in [6, 6.07) is 2.91. The number of nitrogens with one attached hydrogen (secondary N) is 2. The van der Waals surface area contributed by atoms with Crippen molar-refractivity contribution >= 4 is 58.3 Å². The molecule has 206 valence electrons. The molecule has 38 heavy (non-hydrogen) atoms. The normalized spacial score (nSPS) is 11.3. The first-order valence-electron chi connectivity index (χ1n) is 12.4. The van der Waals surface area contributed by atoms with E-state index in [9.17, 15) is 29.8 Å². The van der Waals surface area contributed by atoms with E-state index in [2.05, 4.69) is 21.1 Å². The van der Waals surface area contributed by atoms with Crippen LogP contribution in [0, 0.1) is 20.2 Å². The first-order valence-corrected chi connectivity index (χ1v) is 14.1. The van der Waals surface area contributed by atoms with Crippen molar-refractivity contribution in [2.45, 2.75) is 78.1 Å². The first-order chi connectivity index (χ1) is 18.2. The predicted octanol–water partition coefficient (Wildman–Crippen LogP) is 5.47. The van der Waals surface area contributed by atoms with Gasteiger partial charge in [-0.05, 0) is 25.7 Å². The highest BCUT2D eigenvalue weighted by molar-refractivity contribution is 7.14. The highest BCUT2D eigenvalue weighted by atomic mass is 32.1. The number of hydrogen-bond donors (Lipinski definition) is 2. The van der Waals surface area contributed by atoms with Crippen LogP contribution in [0.4, 0.5) is 11.4 Å². The molecule has 2 heterocycles. The Morgan fingerprint density at radius 3 is 1.45 bits per heavy atom. The molecule has 0 saturated heterocycles. The van der Waals surface area contributed by atoms with E-state index in [4.69, 9.17) is 0 Å². The van der Waals surface area contributed by atoms with Gasteiger partial charge in [0.25, 0.3) is 11.4 Å². The number of unbranched alkanes of at least 4 members (excludes halogenated alkanes) is 5. The van der Waals surface area contributed by atoms with Crippen LogP contribution in [0.5, 0.6) is 0 Å². The second kappa shape index (κ2) is 16.3. The Hall–Kier alpha value is -3.52. The summed E-state index contributed by atoms with van der Waals surface area (Å²) in [4.78, 5) is 47.6. The number of thiophene rings is 2. The molecule has 2 rings (SSSR count). The quantitative estimate of drug-likeness (QED) is 0.112. The standard InChI is InChI=1S/C24H32N6O6S2/c1-3-21-19(29(33)34)13-17(37-21)15-25-27-23(31)11-9-7-5-6-8-10-12-24(32)28-26-16-18-14-20(30(35)36)22(4-2)38-18/h13-16H,3-12H2,1-2H3,(H,27,31)(H,28,32)/b25-15-,26-16-. The number of aryl methyl sites for hydroxylation is 2. The molecule has 2 amide bonds. The average molecular weight is 565 g/mol. The minimum Gasteiger partial charge on any atom is -0.273 e. The minimum atomic E-state index is -0.415. The minimum absolute atomic E-state index is 0.0779. The van der Waals surface area contributed by atoms with Gasteiger partial charge in [0.2, 0.25) is 11.8 Å². The van der Waals surface area contributed by atoms with Gasteiger partial charge in [0.15, 0.2) is 0 Å². The maximum absolute atomic E-state index is 11.9. The molecule has 0 spiro atoms. The van der Waals surface area contributed by atoms with Gasteiger partial charge in [0, 0.05) is 25.0 Å². The second-order valence-electron chi connectivity index (χ2n) is 8.34. The van der Waals surface area contributed by atoms with Gasteiger partial charge in [0.1, 0.15) is 0 Å². The second-order valence-corrected chi connectivity index (χ2v) is 10.7. The molecule has 0 bridgehead atoms. The van der Waals surface area contributed by atoms with Crippen molar-refractivity contribution in [3.63, 3.8) is 0 Å². The predicted molar refractivity (Wildman–Crippen MR) is 149 cm³/mol. The number of amides is 2. The summed E-state index contributed by atoms with van der Waals surface area (Å²) in [7, 11) is 0. The molecule has 0 atom stereocenters. The van der Waals surface area contributed by atoms with Crippen molar-refractivity contribution in [3.8, 4) is 0 Å². The summed E-state index contributed by atoms with van der Waals surface area (Å²) in [5, 5.41) is 29.8. The van der Waals surface area contributed by atoms with Crippen molar-refractivity contribution in [1.29, 1.82) is 0 Å². The van der Waals surface area contributed by atoms with Gasteiger partial charge in [-0.15, -0.1) is 22.7 Å². The van der Waals surface area contributed by atoms with Crippen LogP contribution in [0.15, 0.2) is 22.3 Å². The fourth-order valence-electron chi connectivity index (χ4n) is 3.55. The van der Waals surface area contributed by atoms with E-state index < -0.39 is 9.85 Å². The molecular weight excluding hydrogens is 532 g/mol. The van der Waals surface area contributed by atoms with E-state index in [0.29, 0.717) is 45.2 Å². The van der Waals surface area contributed by atoms with Gasteiger partial charge in [-0.1, -0.05) is 39.5 Å². The third kappa shape index (κ3) is 10.5. The number of carbonyl (C=O) groups excluding carboxylic acids is 2. The molecular formula is C24H32N6O6S2. The van der Waals surface area contributed by atoms with E-state index in [-0.39, 0.29) is 23.2 Å². The molecule has 0 aliphatic rings. The van der Waals surface area contributed by atoms with Crippen LogP contribution < -0.4 is 10.9 Å². The fraction of sp³-hybridized carbons (Fsp3) is 0.500. The lowest BCUT2D eigenvalue weighted by atomic mass is 10.1. The number of hydrogen-bond acceptors (Lipinski definition) is 10. The van der Waals surface area contributed by atoms with Crippen molar-refractivity contribution in [1.82, 2.24) is 10.9 Å². The molecule has 14 heteroatoms. The molecule has 0 fully saturated rings. The molecule has 0 radical (unpaired) electrons. The lowest BCUT2D eigenvalue weighted by molar-refractivity contribution is -0.385. The van der Waals surface area contributed by atoms with E-state index in [1.54, 1.807) is 0 Å². The molecule has 2 N–H and O–H groups in total. The van der Waals surface area contributed by atoms with E-state index in [0.717, 1.165) is 38.5 Å². The third-order valence-electron chi connectivity index (χ3n) is 5.47. The topological polar surface area (TPSA) is 169 Å². The van der Waals surface area contributed by atoms with Crippen LogP contribution in [-0.4, -0.2) is 34.1 Å². The van der Waals surface area contributed by atoms with Crippen molar-refractivity contribution in [2.75, 3.05) is 0 Å². The third-order valence-corrected chi connectivity index (χ3v) is 7.87. The summed E-state index contributed by atoms with van der Waals surface area (Å²) in [6.07, 6.45) is 9.78. The average Bonchev–Trinajstić information content (AvgIpc) is 3.50. The molecule has 0 saturated carbocycles. The largest absolute Gasteiger partial charge is 0.283 e. The Morgan fingerprint density at radius 1 is 0.763 bits per heavy atom. The van der Waals surface area contributed by atoms with Gasteiger partial charge in [-0.2, -0.15) is 10.2 Å². The van der Waals surface area contributed by atoms with E-state index in [1.807, 2.05) is 13.8 Å². The van der Waals surface area contributed by atoms with Gasteiger partial charge >= 0.3 is 0 Å². The van der Waals surface area contributed by atoms with Gasteiger partial charge < -0.3 is 0 Å². The number of hydrazone groups is 2. The summed E-state index contributed by atoms with van der Waals surface area (Å²) >= 11 is 2.57. The lowest BCUT2D eigenvalue weighted by Crippen LogP contribution is -2.17. The molecule has 0 aliphatic carbocycles. The smallest absolute Gasteiger partial charge is 0.273 e. The molecule has 0 unspecified atom stereocenters. The van der Waals surface area contributed by atoms with Crippen LogP contribution in [0.2, 0.25) is 0 Å². The summed E-state index contributed by atoms with van der Waals surface area (Å²) in [6.45, 7) is 3.70. The molecule has 2 aromatic heterocycles. The van der Waals surface area contributed by atoms with Crippen molar-refractivity contribution < 1.29 is 19.4 Å². The highest BCUT2D eigenvalue weighted by Crippen LogP contribution is 2.29. The monoisotopic (exact) mass is 564 g/mol. The molecule has 12 nitrogen and oxygen atoms in total. The Labute approximate surface area is 228 Å². The maximum atomic E-state index is 11.9. The molecule has 0 aromatic carbocycles. The Bertz CT molecular complexity index is 1080. The van der Waals surface area contributed by atoms with Crippen LogP contribution in [-0.2, 0) is 22.4 Å². The Kier molecular flexibility index (Phi) is 13.2. The van der Waals surface area contributed by atoms with Gasteiger partial charge in [-0.3, -0.25) is 29.8 Å². The van der Waals surface area contributed by atoms with E-state index >= 15 is 0 Å². The number of carbonyl (C=O) groups is 2. The zero-order chi connectivity index (χ0) is 27.9. The fourth-order valence-corrected chi connectivity index (χ4v) is 5.43. The molecule has 0 aliphatic heterocycles. The van der Waals surface area contributed by atoms with Gasteiger partial charge in [0.05, 0.1) is 41.8 Å². The lowest BCUT2D eigenvalue weighted by Gasteiger charge is -2.02. The van der Waals surface area contributed by atoms with Crippen LogP contribution in [0.3, 0.4) is 0 Å². The zero-order valence-electron chi connectivity index (χ0n) is 21.4. The maximum Gasteiger partial charge on any atom is 0.283 e. The van der Waals surface area contributed by atoms with Crippen LogP contribution in [0.1, 0.15) is 84.7 Å². The first kappa shape index (κ1) is 30.7. The Morgan fingerprint density at radius 2 is 1.13 bits per heavy atom. The summed E-state index contributed by atoms with van der Waals surface area (Å²) in [5.74, 6) is -0.411. The van der Waals surface area contributed by atoms with Crippen LogP contribution >= 0.6 is 22.7 Å². The van der Waals surface area contributed by atoms with E-state index in [1.165, 1.54) is 47.2 Å². The Balaban J connectivity index is 1.52. The SMILES string of the molecule is CCc1sc(/C=N\NC(=O)CCCCCCCCC(=O)N/N=C\c2cc([N+](=O)[O-])c(CC)s2)cc1[N+](=O)[O-].